The minimum Gasteiger partial charge on any atom is -0.497 e. The standard InChI is InChI=1S/C27H39BrN4O6/c1-27(2,3)38-26(34)32-10-6-9-20(16-32)29-23-13-18(8-7-11-33)25(31-30-23)24-19(15-28)12-21(36-5)14-22(24)37-17-35-4/h12-14,20,33H,6-11,15-17H2,1-5H3,(H,29,30)/t20-/m1/s1. The summed E-state index contributed by atoms with van der Waals surface area (Å²) in [7, 11) is 3.17. The van der Waals surface area contributed by atoms with Crippen LogP contribution in [-0.2, 0) is 21.2 Å². The molecule has 10 nitrogen and oxygen atoms in total. The molecule has 0 radical (unpaired) electrons. The molecule has 2 heterocycles. The van der Waals surface area contributed by atoms with E-state index in [9.17, 15) is 9.90 Å². The summed E-state index contributed by atoms with van der Waals surface area (Å²) in [4.78, 5) is 14.3. The van der Waals surface area contributed by atoms with Gasteiger partial charge in [0.2, 0.25) is 0 Å². The van der Waals surface area contributed by atoms with Crippen molar-refractivity contribution in [2.24, 2.45) is 0 Å². The summed E-state index contributed by atoms with van der Waals surface area (Å²) in [5, 5.41) is 22.7. The summed E-state index contributed by atoms with van der Waals surface area (Å²) < 4.78 is 22.1. The Kier molecular flexibility index (Phi) is 11.0. The number of hydrogen-bond donors (Lipinski definition) is 2. The topological polar surface area (TPSA) is 115 Å². The number of likely N-dealkylation sites (tertiary alicyclic amines) is 1. The third-order valence-electron chi connectivity index (χ3n) is 6.01. The Morgan fingerprint density at radius 3 is 2.66 bits per heavy atom. The molecule has 0 saturated carbocycles. The molecular weight excluding hydrogens is 556 g/mol. The van der Waals surface area contributed by atoms with Gasteiger partial charge < -0.3 is 34.3 Å². The van der Waals surface area contributed by atoms with Gasteiger partial charge in [0.25, 0.3) is 0 Å². The Labute approximate surface area is 233 Å². The highest BCUT2D eigenvalue weighted by Crippen LogP contribution is 2.39. The molecule has 1 amide bonds. The van der Waals surface area contributed by atoms with Gasteiger partial charge in [0.1, 0.15) is 28.6 Å². The van der Waals surface area contributed by atoms with E-state index in [1.54, 1.807) is 25.2 Å². The number of aliphatic hydroxyl groups excluding tert-OH is 1. The minimum atomic E-state index is -0.540. The highest BCUT2D eigenvalue weighted by atomic mass is 79.9. The molecule has 0 bridgehead atoms. The lowest BCUT2D eigenvalue weighted by Crippen LogP contribution is -2.47. The second-order valence-corrected chi connectivity index (χ2v) is 10.7. The first kappa shape index (κ1) is 29.9. The number of alkyl halides is 1. The average Bonchev–Trinajstić information content (AvgIpc) is 2.89. The summed E-state index contributed by atoms with van der Waals surface area (Å²) in [6, 6.07) is 5.71. The maximum absolute atomic E-state index is 12.6. The van der Waals surface area contributed by atoms with Gasteiger partial charge in [0.15, 0.2) is 6.79 Å². The van der Waals surface area contributed by atoms with Gasteiger partial charge >= 0.3 is 6.09 Å². The number of aryl methyl sites for hydroxylation is 1. The number of nitrogens with one attached hydrogen (secondary N) is 1. The molecule has 2 aromatic rings. The molecule has 3 rings (SSSR count). The van der Waals surface area contributed by atoms with Gasteiger partial charge in [-0.15, -0.1) is 10.2 Å². The molecule has 2 N–H and O–H groups in total. The van der Waals surface area contributed by atoms with Crippen LogP contribution in [0.4, 0.5) is 10.6 Å². The summed E-state index contributed by atoms with van der Waals surface area (Å²) in [6.45, 7) is 6.90. The van der Waals surface area contributed by atoms with Gasteiger partial charge in [-0.05, 0) is 69.7 Å². The van der Waals surface area contributed by atoms with Crippen molar-refractivity contribution in [3.8, 4) is 22.8 Å². The van der Waals surface area contributed by atoms with Crippen molar-refractivity contribution in [2.45, 2.75) is 63.4 Å². The smallest absolute Gasteiger partial charge is 0.410 e. The monoisotopic (exact) mass is 594 g/mol. The minimum absolute atomic E-state index is 0.0156. The van der Waals surface area contributed by atoms with Crippen LogP contribution in [0.15, 0.2) is 18.2 Å². The van der Waals surface area contributed by atoms with Crippen LogP contribution >= 0.6 is 15.9 Å². The molecule has 0 aliphatic carbocycles. The van der Waals surface area contributed by atoms with E-state index >= 15 is 0 Å². The van der Waals surface area contributed by atoms with Gasteiger partial charge in [0, 0.05) is 49.8 Å². The van der Waals surface area contributed by atoms with Crippen LogP contribution in [0.1, 0.15) is 51.2 Å². The third kappa shape index (κ3) is 8.18. The van der Waals surface area contributed by atoms with Crippen molar-refractivity contribution in [1.82, 2.24) is 15.1 Å². The summed E-state index contributed by atoms with van der Waals surface area (Å²) in [5.74, 6) is 1.84. The number of aromatic nitrogens is 2. The highest BCUT2D eigenvalue weighted by Gasteiger charge is 2.28. The lowest BCUT2D eigenvalue weighted by atomic mass is 9.97. The Morgan fingerprint density at radius 2 is 2.00 bits per heavy atom. The molecule has 0 unspecified atom stereocenters. The second kappa shape index (κ2) is 14.0. The summed E-state index contributed by atoms with van der Waals surface area (Å²) in [5.41, 5.74) is 2.77. The van der Waals surface area contributed by atoms with Crippen molar-refractivity contribution in [1.29, 1.82) is 0 Å². The number of aliphatic hydroxyl groups is 1. The number of piperidine rings is 1. The highest BCUT2D eigenvalue weighted by molar-refractivity contribution is 9.08. The van der Waals surface area contributed by atoms with Crippen LogP contribution in [-0.4, -0.2) is 78.6 Å². The maximum Gasteiger partial charge on any atom is 0.410 e. The van der Waals surface area contributed by atoms with E-state index in [1.165, 1.54) is 0 Å². The van der Waals surface area contributed by atoms with E-state index in [4.69, 9.17) is 18.9 Å². The number of nitrogens with zero attached hydrogens (tertiary/aromatic N) is 3. The zero-order chi connectivity index (χ0) is 27.7. The third-order valence-corrected chi connectivity index (χ3v) is 6.61. The first-order valence-electron chi connectivity index (χ1n) is 12.8. The summed E-state index contributed by atoms with van der Waals surface area (Å²) in [6.07, 6.45) is 2.63. The first-order chi connectivity index (χ1) is 18.2. The number of benzene rings is 1. The molecule has 1 aromatic heterocycles. The van der Waals surface area contributed by atoms with E-state index in [1.807, 2.05) is 32.9 Å². The molecule has 38 heavy (non-hydrogen) atoms. The Balaban J connectivity index is 1.91. The predicted molar refractivity (Wildman–Crippen MR) is 149 cm³/mol. The normalized spacial score (nSPS) is 15.8. The SMILES string of the molecule is COCOc1cc(OC)cc(CBr)c1-c1nnc(N[C@@H]2CCCN(C(=O)OC(C)(C)C)C2)cc1CCCO. The van der Waals surface area contributed by atoms with E-state index in [2.05, 4.69) is 31.4 Å². The van der Waals surface area contributed by atoms with Crippen molar-refractivity contribution < 1.29 is 28.8 Å². The fourth-order valence-corrected chi connectivity index (χ4v) is 4.78. The first-order valence-corrected chi connectivity index (χ1v) is 13.9. The van der Waals surface area contributed by atoms with E-state index < -0.39 is 5.60 Å². The molecule has 1 fully saturated rings. The number of carbonyl (C=O) groups is 1. The van der Waals surface area contributed by atoms with Crippen LogP contribution in [0.25, 0.3) is 11.3 Å². The van der Waals surface area contributed by atoms with Crippen molar-refractivity contribution >= 4 is 27.8 Å². The number of amides is 1. The van der Waals surface area contributed by atoms with Crippen LogP contribution in [0.5, 0.6) is 11.5 Å². The second-order valence-electron chi connectivity index (χ2n) is 10.2. The van der Waals surface area contributed by atoms with Crippen molar-refractivity contribution in [2.75, 3.05) is 46.0 Å². The molecule has 0 spiro atoms. The molecule has 1 saturated heterocycles. The zero-order valence-corrected chi connectivity index (χ0v) is 24.5. The molecule has 1 aromatic carbocycles. The lowest BCUT2D eigenvalue weighted by Gasteiger charge is -2.34. The van der Waals surface area contributed by atoms with Crippen LogP contribution < -0.4 is 14.8 Å². The quantitative estimate of drug-likeness (QED) is 0.280. The largest absolute Gasteiger partial charge is 0.497 e. The number of anilines is 1. The van der Waals surface area contributed by atoms with Crippen molar-refractivity contribution in [3.63, 3.8) is 0 Å². The van der Waals surface area contributed by atoms with Crippen molar-refractivity contribution in [3.05, 3.63) is 29.3 Å². The summed E-state index contributed by atoms with van der Waals surface area (Å²) >= 11 is 3.58. The number of rotatable bonds is 11. The number of halogens is 1. The molecule has 1 aliphatic heterocycles. The average molecular weight is 596 g/mol. The number of carbonyl (C=O) groups excluding carboxylic acids is 1. The van der Waals surface area contributed by atoms with Gasteiger partial charge in [-0.3, -0.25) is 0 Å². The van der Waals surface area contributed by atoms with E-state index in [0.29, 0.717) is 54.3 Å². The zero-order valence-electron chi connectivity index (χ0n) is 22.9. The lowest BCUT2D eigenvalue weighted by molar-refractivity contribution is 0.0206. The number of hydrogen-bond acceptors (Lipinski definition) is 9. The Hall–Kier alpha value is -2.63. The van der Waals surface area contributed by atoms with Crippen LogP contribution in [0.3, 0.4) is 0 Å². The van der Waals surface area contributed by atoms with Gasteiger partial charge in [0.05, 0.1) is 7.11 Å². The molecule has 1 atom stereocenters. The van der Waals surface area contributed by atoms with Gasteiger partial charge in [-0.2, -0.15) is 0 Å². The van der Waals surface area contributed by atoms with E-state index in [-0.39, 0.29) is 25.5 Å². The Bertz CT molecular complexity index is 1080. The molecule has 210 valence electrons. The fourth-order valence-electron chi connectivity index (χ4n) is 4.34. The molecule has 11 heteroatoms. The predicted octanol–water partition coefficient (Wildman–Crippen LogP) is 4.77. The Morgan fingerprint density at radius 1 is 1.21 bits per heavy atom. The maximum atomic E-state index is 12.6. The van der Waals surface area contributed by atoms with Crippen LogP contribution in [0, 0.1) is 0 Å². The van der Waals surface area contributed by atoms with Crippen LogP contribution in [0.2, 0.25) is 0 Å². The van der Waals surface area contributed by atoms with E-state index in [0.717, 1.165) is 29.5 Å². The number of methoxy groups -OCH3 is 2. The molecule has 1 aliphatic rings. The molecular formula is C27H39BrN4O6. The van der Waals surface area contributed by atoms with Gasteiger partial charge in [-0.25, -0.2) is 4.79 Å². The number of ether oxygens (including phenoxy) is 4. The fraction of sp³-hybridized carbons (Fsp3) is 0.593. The van der Waals surface area contributed by atoms with Gasteiger partial charge in [-0.1, -0.05) is 15.9 Å².